The number of aliphatic imine (C=N–C) groups is 1. The van der Waals surface area contributed by atoms with Gasteiger partial charge in [0.15, 0.2) is 0 Å². The Morgan fingerprint density at radius 3 is 2.50 bits per heavy atom. The first-order valence-corrected chi connectivity index (χ1v) is 4.20. The van der Waals surface area contributed by atoms with Crippen molar-refractivity contribution in [2.75, 3.05) is 0 Å². The number of alkyl halides is 2. The molecule has 0 atom stereocenters. The third-order valence-electron chi connectivity index (χ3n) is 1.47. The molecule has 0 aromatic heterocycles. The van der Waals surface area contributed by atoms with Gasteiger partial charge in [0.25, 0.3) is 0 Å². The number of hydrogen-bond acceptors (Lipinski definition) is 3. The zero-order valence-corrected chi connectivity index (χ0v) is 7.93. The van der Waals surface area contributed by atoms with Crippen molar-refractivity contribution in [1.29, 1.82) is 0 Å². The van der Waals surface area contributed by atoms with Gasteiger partial charge in [0.1, 0.15) is 5.75 Å². The Hall–Kier alpha value is -1.32. The minimum absolute atomic E-state index is 0.134. The maximum absolute atomic E-state index is 11.8. The fourth-order valence-electron chi connectivity index (χ4n) is 0.900. The van der Waals surface area contributed by atoms with Crippen molar-refractivity contribution in [3.63, 3.8) is 0 Å². The quantitative estimate of drug-likeness (QED) is 0.569. The van der Waals surface area contributed by atoms with Crippen molar-refractivity contribution < 1.29 is 13.5 Å². The molecular formula is C9H7F2NOS. The molecule has 0 amide bonds. The number of thiocarbonyl (C=S) groups is 1. The summed E-state index contributed by atoms with van der Waals surface area (Å²) in [7, 11) is 0. The number of nitrogens with zero attached hydrogens (tertiary/aromatic N) is 1. The molecule has 14 heavy (non-hydrogen) atoms. The van der Waals surface area contributed by atoms with E-state index in [1.54, 1.807) is 12.1 Å². The van der Waals surface area contributed by atoms with E-state index in [9.17, 15) is 8.78 Å². The van der Waals surface area contributed by atoms with E-state index in [0.29, 0.717) is 6.54 Å². The largest absolute Gasteiger partial charge is 0.435 e. The van der Waals surface area contributed by atoms with E-state index in [1.807, 2.05) is 0 Å². The van der Waals surface area contributed by atoms with Crippen molar-refractivity contribution in [2.24, 2.45) is 4.99 Å². The lowest BCUT2D eigenvalue weighted by molar-refractivity contribution is -0.0498. The Balaban J connectivity index is 2.63. The van der Waals surface area contributed by atoms with E-state index < -0.39 is 6.61 Å². The molecule has 1 aromatic carbocycles. The summed E-state index contributed by atoms with van der Waals surface area (Å²) < 4.78 is 27.7. The van der Waals surface area contributed by atoms with Crippen molar-refractivity contribution in [2.45, 2.75) is 13.2 Å². The first kappa shape index (κ1) is 10.8. The van der Waals surface area contributed by atoms with Crippen LogP contribution < -0.4 is 4.74 Å². The molecule has 74 valence electrons. The molecule has 2 nitrogen and oxygen atoms in total. The van der Waals surface area contributed by atoms with Gasteiger partial charge in [0, 0.05) is 0 Å². The summed E-state index contributed by atoms with van der Waals surface area (Å²) in [4.78, 5) is 3.71. The minimum Gasteiger partial charge on any atom is -0.435 e. The van der Waals surface area contributed by atoms with Crippen LogP contribution in [0, 0.1) is 0 Å². The van der Waals surface area contributed by atoms with Crippen LogP contribution in [0.2, 0.25) is 0 Å². The monoisotopic (exact) mass is 215 g/mol. The van der Waals surface area contributed by atoms with Crippen LogP contribution in [-0.2, 0) is 6.54 Å². The van der Waals surface area contributed by atoms with Gasteiger partial charge < -0.3 is 4.74 Å². The second kappa shape index (κ2) is 5.42. The average molecular weight is 215 g/mol. The molecule has 0 aliphatic rings. The summed E-state index contributed by atoms with van der Waals surface area (Å²) in [6.45, 7) is -2.39. The van der Waals surface area contributed by atoms with Crippen LogP contribution in [0.4, 0.5) is 8.78 Å². The Bertz CT molecular complexity index is 333. The highest BCUT2D eigenvalue weighted by Gasteiger charge is 2.02. The Labute approximate surface area is 85.2 Å². The molecule has 0 bridgehead atoms. The highest BCUT2D eigenvalue weighted by Crippen LogP contribution is 2.15. The molecule has 0 aliphatic heterocycles. The van der Waals surface area contributed by atoms with E-state index in [1.165, 1.54) is 12.1 Å². The topological polar surface area (TPSA) is 21.6 Å². The van der Waals surface area contributed by atoms with E-state index in [2.05, 4.69) is 27.1 Å². The van der Waals surface area contributed by atoms with E-state index in [-0.39, 0.29) is 5.75 Å². The first-order chi connectivity index (χ1) is 6.72. The molecule has 0 saturated carbocycles. The summed E-state index contributed by atoms with van der Waals surface area (Å²) >= 11 is 4.39. The van der Waals surface area contributed by atoms with Crippen LogP contribution in [0.15, 0.2) is 29.3 Å². The lowest BCUT2D eigenvalue weighted by Crippen LogP contribution is -2.01. The number of ether oxygens (including phenoxy) is 1. The van der Waals surface area contributed by atoms with Gasteiger partial charge in [-0.25, -0.2) is 4.99 Å². The number of hydrogen-bond donors (Lipinski definition) is 0. The van der Waals surface area contributed by atoms with Crippen molar-refractivity contribution >= 4 is 17.4 Å². The van der Waals surface area contributed by atoms with Gasteiger partial charge in [-0.15, -0.1) is 0 Å². The third-order valence-corrected chi connectivity index (χ3v) is 1.60. The summed E-state index contributed by atoms with van der Waals surface area (Å²) in [5.74, 6) is 0.134. The zero-order chi connectivity index (χ0) is 10.4. The maximum atomic E-state index is 11.8. The second-order valence-corrected chi connectivity index (χ2v) is 2.61. The van der Waals surface area contributed by atoms with Gasteiger partial charge >= 0.3 is 6.61 Å². The van der Waals surface area contributed by atoms with Crippen LogP contribution in [0.5, 0.6) is 5.75 Å². The predicted molar refractivity (Wildman–Crippen MR) is 51.8 cm³/mol. The SMILES string of the molecule is FC(F)Oc1ccc(CN=C=S)cc1. The van der Waals surface area contributed by atoms with Gasteiger partial charge in [-0.1, -0.05) is 12.1 Å². The maximum Gasteiger partial charge on any atom is 0.387 e. The minimum atomic E-state index is -2.79. The summed E-state index contributed by atoms with van der Waals surface area (Å²) in [6.07, 6.45) is 0. The number of halogens is 2. The van der Waals surface area contributed by atoms with Crippen LogP contribution in [0.3, 0.4) is 0 Å². The summed E-state index contributed by atoms with van der Waals surface area (Å²) in [5, 5.41) is 2.22. The fraction of sp³-hybridized carbons (Fsp3) is 0.222. The van der Waals surface area contributed by atoms with Gasteiger partial charge in [0.2, 0.25) is 0 Å². The van der Waals surface area contributed by atoms with Crippen molar-refractivity contribution in [3.05, 3.63) is 29.8 Å². The molecule has 1 aromatic rings. The highest BCUT2D eigenvalue weighted by atomic mass is 32.1. The van der Waals surface area contributed by atoms with E-state index in [0.717, 1.165) is 5.56 Å². The molecule has 0 spiro atoms. The molecule has 5 heteroatoms. The second-order valence-electron chi connectivity index (χ2n) is 2.43. The van der Waals surface area contributed by atoms with Crippen molar-refractivity contribution in [1.82, 2.24) is 0 Å². The van der Waals surface area contributed by atoms with Crippen molar-refractivity contribution in [3.8, 4) is 5.75 Å². The van der Waals surface area contributed by atoms with Gasteiger partial charge in [0.05, 0.1) is 11.7 Å². The summed E-state index contributed by atoms with van der Waals surface area (Å²) in [5.41, 5.74) is 0.865. The lowest BCUT2D eigenvalue weighted by Gasteiger charge is -2.03. The number of benzene rings is 1. The standard InChI is InChI=1S/C9H7F2NOS/c10-9(11)13-8-3-1-7(2-4-8)5-12-6-14/h1-4,9H,5H2. The summed E-state index contributed by atoms with van der Waals surface area (Å²) in [6, 6.07) is 6.21. The Morgan fingerprint density at radius 2 is 2.00 bits per heavy atom. The normalized spacial score (nSPS) is 9.64. The van der Waals surface area contributed by atoms with Gasteiger partial charge in [-0.2, -0.15) is 8.78 Å². The molecule has 0 aliphatic carbocycles. The van der Waals surface area contributed by atoms with Crippen LogP contribution in [-0.4, -0.2) is 11.8 Å². The molecule has 0 heterocycles. The van der Waals surface area contributed by atoms with E-state index >= 15 is 0 Å². The van der Waals surface area contributed by atoms with E-state index in [4.69, 9.17) is 0 Å². The Morgan fingerprint density at radius 1 is 1.36 bits per heavy atom. The lowest BCUT2D eigenvalue weighted by atomic mass is 10.2. The fourth-order valence-corrected chi connectivity index (χ4v) is 0.964. The van der Waals surface area contributed by atoms with Gasteiger partial charge in [-0.3, -0.25) is 0 Å². The Kier molecular flexibility index (Phi) is 4.16. The van der Waals surface area contributed by atoms with Crippen LogP contribution in [0.25, 0.3) is 0 Å². The number of isothiocyanates is 1. The highest BCUT2D eigenvalue weighted by molar-refractivity contribution is 7.78. The molecule has 0 N–H and O–H groups in total. The van der Waals surface area contributed by atoms with Crippen LogP contribution in [0.1, 0.15) is 5.56 Å². The first-order valence-electron chi connectivity index (χ1n) is 3.80. The molecular weight excluding hydrogens is 208 g/mol. The third kappa shape index (κ3) is 3.60. The van der Waals surface area contributed by atoms with Gasteiger partial charge in [-0.05, 0) is 29.9 Å². The predicted octanol–water partition coefficient (Wildman–Crippen LogP) is 2.89. The van der Waals surface area contributed by atoms with Crippen LogP contribution >= 0.6 is 12.2 Å². The number of rotatable bonds is 4. The molecule has 0 radical (unpaired) electrons. The average Bonchev–Trinajstić information content (AvgIpc) is 2.16. The zero-order valence-electron chi connectivity index (χ0n) is 7.11. The molecule has 1 rings (SSSR count). The molecule has 0 saturated heterocycles. The molecule has 0 fully saturated rings. The smallest absolute Gasteiger partial charge is 0.387 e. The molecule has 0 unspecified atom stereocenters.